The van der Waals surface area contributed by atoms with E-state index in [2.05, 4.69) is 19.2 Å². The highest BCUT2D eigenvalue weighted by molar-refractivity contribution is 7.99. The molecule has 4 rings (SSSR count). The highest BCUT2D eigenvalue weighted by Gasteiger charge is 2.32. The quantitative estimate of drug-likeness (QED) is 0.804. The number of hydrogen-bond acceptors (Lipinski definition) is 2. The fourth-order valence-corrected chi connectivity index (χ4v) is 4.19. The van der Waals surface area contributed by atoms with Gasteiger partial charge in [0.1, 0.15) is 0 Å². The molecule has 1 fully saturated rings. The lowest BCUT2D eigenvalue weighted by atomic mass is 10.2. The second-order valence-electron chi connectivity index (χ2n) is 6.10. The molecule has 0 unspecified atom stereocenters. The average Bonchev–Trinajstić information content (AvgIpc) is 2.59. The Morgan fingerprint density at radius 3 is 2.04 bits per heavy atom. The summed E-state index contributed by atoms with van der Waals surface area (Å²) >= 11 is 1.73. The number of benzene rings is 2. The van der Waals surface area contributed by atoms with Crippen molar-refractivity contribution in [2.45, 2.75) is 9.79 Å². The van der Waals surface area contributed by atoms with Gasteiger partial charge in [0.15, 0.2) is 0 Å². The summed E-state index contributed by atoms with van der Waals surface area (Å²) in [7, 11) is 2.18. The number of fused-ring (bicyclic) bond motifs is 2. The molecule has 2 heterocycles. The Bertz CT molecular complexity index is 695. The molecule has 23 heavy (non-hydrogen) atoms. The molecule has 2 aromatic carbocycles. The maximum Gasteiger partial charge on any atom is 0.329 e. The van der Waals surface area contributed by atoms with Crippen LogP contribution in [-0.4, -0.2) is 44.2 Å². The molecule has 0 atom stereocenters. The van der Waals surface area contributed by atoms with Crippen LogP contribution in [-0.2, 0) is 0 Å². The number of quaternary nitrogens is 1. The van der Waals surface area contributed by atoms with Crippen LogP contribution in [0.2, 0.25) is 0 Å². The zero-order chi connectivity index (χ0) is 15.8. The van der Waals surface area contributed by atoms with Crippen molar-refractivity contribution in [3.05, 3.63) is 48.5 Å². The van der Waals surface area contributed by atoms with Crippen LogP contribution >= 0.6 is 11.8 Å². The monoisotopic (exact) mass is 326 g/mol. The summed E-state index contributed by atoms with van der Waals surface area (Å²) < 4.78 is 0. The van der Waals surface area contributed by atoms with Crippen LogP contribution in [0.25, 0.3) is 0 Å². The van der Waals surface area contributed by atoms with Crippen LogP contribution in [0, 0.1) is 0 Å². The van der Waals surface area contributed by atoms with Gasteiger partial charge in [-0.15, -0.1) is 0 Å². The maximum absolute atomic E-state index is 13.2. The van der Waals surface area contributed by atoms with Crippen molar-refractivity contribution in [3.8, 4) is 0 Å². The van der Waals surface area contributed by atoms with Crippen LogP contribution < -0.4 is 9.80 Å². The second-order valence-corrected chi connectivity index (χ2v) is 7.18. The molecule has 1 saturated heterocycles. The number of piperazine rings is 1. The van der Waals surface area contributed by atoms with Crippen molar-refractivity contribution in [3.63, 3.8) is 0 Å². The van der Waals surface area contributed by atoms with E-state index in [1.54, 1.807) is 11.8 Å². The molecule has 0 radical (unpaired) electrons. The van der Waals surface area contributed by atoms with Crippen LogP contribution in [0.1, 0.15) is 0 Å². The number of rotatable bonds is 0. The lowest BCUT2D eigenvalue weighted by Gasteiger charge is -2.37. The molecule has 0 spiro atoms. The third kappa shape index (κ3) is 2.60. The van der Waals surface area contributed by atoms with E-state index in [0.717, 1.165) is 47.3 Å². The molecular formula is C18H20N3OS+. The van der Waals surface area contributed by atoms with E-state index >= 15 is 0 Å². The first kappa shape index (κ1) is 14.6. The lowest BCUT2D eigenvalue weighted by molar-refractivity contribution is -0.883. The van der Waals surface area contributed by atoms with Crippen LogP contribution in [0.5, 0.6) is 0 Å². The van der Waals surface area contributed by atoms with Gasteiger partial charge in [-0.25, -0.2) is 4.79 Å². The van der Waals surface area contributed by atoms with Crippen LogP contribution in [0.3, 0.4) is 0 Å². The fraction of sp³-hybridized carbons (Fsp3) is 0.278. The number of nitrogens with zero attached hydrogens (tertiary/aromatic N) is 2. The number of carbonyl (C=O) groups excluding carboxylic acids is 1. The third-order valence-electron chi connectivity index (χ3n) is 4.51. The topological polar surface area (TPSA) is 28.0 Å². The van der Waals surface area contributed by atoms with Crippen molar-refractivity contribution in [2.24, 2.45) is 0 Å². The molecule has 0 saturated carbocycles. The van der Waals surface area contributed by atoms with Crippen molar-refractivity contribution in [2.75, 3.05) is 38.1 Å². The molecular weight excluding hydrogens is 306 g/mol. The number of urea groups is 1. The molecule has 4 nitrogen and oxygen atoms in total. The molecule has 0 aromatic heterocycles. The Labute approximate surface area is 140 Å². The zero-order valence-corrected chi connectivity index (χ0v) is 14.0. The molecule has 1 N–H and O–H groups in total. The van der Waals surface area contributed by atoms with E-state index in [4.69, 9.17) is 0 Å². The Balaban J connectivity index is 1.74. The fourth-order valence-electron chi connectivity index (χ4n) is 3.13. The van der Waals surface area contributed by atoms with E-state index in [9.17, 15) is 4.79 Å². The summed E-state index contributed by atoms with van der Waals surface area (Å²) in [5.74, 6) is 0. The van der Waals surface area contributed by atoms with Crippen molar-refractivity contribution < 1.29 is 9.69 Å². The van der Waals surface area contributed by atoms with E-state index in [1.165, 1.54) is 4.90 Å². The van der Waals surface area contributed by atoms with Crippen molar-refractivity contribution in [1.29, 1.82) is 0 Å². The summed E-state index contributed by atoms with van der Waals surface area (Å²) in [4.78, 5) is 20.9. The summed E-state index contributed by atoms with van der Waals surface area (Å²) in [6, 6.07) is 16.4. The second kappa shape index (κ2) is 5.91. The molecule has 0 bridgehead atoms. The van der Waals surface area contributed by atoms with Gasteiger partial charge in [-0.1, -0.05) is 36.0 Å². The van der Waals surface area contributed by atoms with Crippen LogP contribution in [0.15, 0.2) is 58.3 Å². The molecule has 2 aliphatic heterocycles. The first-order chi connectivity index (χ1) is 11.2. The Morgan fingerprint density at radius 1 is 0.957 bits per heavy atom. The van der Waals surface area contributed by atoms with Gasteiger partial charge in [0, 0.05) is 9.79 Å². The Morgan fingerprint density at radius 2 is 1.48 bits per heavy atom. The normalized spacial score (nSPS) is 17.6. The van der Waals surface area contributed by atoms with Gasteiger partial charge in [0.2, 0.25) is 0 Å². The number of carbonyl (C=O) groups is 1. The van der Waals surface area contributed by atoms with Gasteiger partial charge >= 0.3 is 6.03 Å². The largest absolute Gasteiger partial charge is 0.334 e. The summed E-state index contributed by atoms with van der Waals surface area (Å²) in [5, 5.41) is 0. The Kier molecular flexibility index (Phi) is 3.75. The predicted octanol–water partition coefficient (Wildman–Crippen LogP) is 2.24. The van der Waals surface area contributed by atoms with Crippen LogP contribution in [0.4, 0.5) is 16.2 Å². The number of amides is 2. The summed E-state index contributed by atoms with van der Waals surface area (Å²) in [6.45, 7) is 3.66. The van der Waals surface area contributed by atoms with E-state index in [-0.39, 0.29) is 6.03 Å². The van der Waals surface area contributed by atoms with Crippen molar-refractivity contribution in [1.82, 2.24) is 4.90 Å². The maximum atomic E-state index is 13.2. The molecule has 2 aromatic rings. The van der Waals surface area contributed by atoms with Gasteiger partial charge in [-0.2, -0.15) is 0 Å². The minimum absolute atomic E-state index is 0.0951. The predicted molar refractivity (Wildman–Crippen MR) is 92.7 cm³/mol. The number of anilines is 2. The number of nitrogens with one attached hydrogen (secondary N) is 1. The number of hydrogen-bond donors (Lipinski definition) is 1. The lowest BCUT2D eigenvalue weighted by Crippen LogP contribution is -3.12. The minimum atomic E-state index is 0.0951. The molecule has 118 valence electrons. The third-order valence-corrected chi connectivity index (χ3v) is 5.64. The smallest absolute Gasteiger partial charge is 0.329 e. The molecule has 2 amide bonds. The number of para-hydroxylation sites is 2. The first-order valence-electron chi connectivity index (χ1n) is 8.00. The minimum Gasteiger partial charge on any atom is -0.334 e. The molecule has 0 aliphatic carbocycles. The van der Waals surface area contributed by atoms with Gasteiger partial charge in [0.05, 0.1) is 44.6 Å². The van der Waals surface area contributed by atoms with Crippen molar-refractivity contribution >= 4 is 29.2 Å². The summed E-state index contributed by atoms with van der Waals surface area (Å²) in [5.41, 5.74) is 1.99. The number of likely N-dealkylation sites (N-methyl/N-ethyl adjacent to an activating group) is 1. The first-order valence-corrected chi connectivity index (χ1v) is 8.82. The van der Waals surface area contributed by atoms with E-state index < -0.39 is 0 Å². The Hall–Kier alpha value is -1.98. The SMILES string of the molecule is C[NH+]1CCN(C(=O)N2c3ccccc3Sc3ccccc32)CC1. The molecule has 2 aliphatic rings. The standard InChI is InChI=1S/C18H19N3OS/c1-19-10-12-20(13-11-19)18(22)21-14-6-2-4-8-16(14)23-17-9-5-3-7-15(17)21/h2-9H,10-13H2,1H3/p+1. The van der Waals surface area contributed by atoms with E-state index in [1.807, 2.05) is 46.2 Å². The van der Waals surface area contributed by atoms with Gasteiger partial charge in [-0.3, -0.25) is 4.90 Å². The highest BCUT2D eigenvalue weighted by Crippen LogP contribution is 2.48. The molecule has 5 heteroatoms. The van der Waals surface area contributed by atoms with Gasteiger partial charge < -0.3 is 9.80 Å². The van der Waals surface area contributed by atoms with Gasteiger partial charge in [-0.05, 0) is 24.3 Å². The average molecular weight is 326 g/mol. The van der Waals surface area contributed by atoms with Gasteiger partial charge in [0.25, 0.3) is 0 Å². The van der Waals surface area contributed by atoms with E-state index in [0.29, 0.717) is 0 Å². The highest BCUT2D eigenvalue weighted by atomic mass is 32.2. The zero-order valence-electron chi connectivity index (χ0n) is 13.2. The summed E-state index contributed by atoms with van der Waals surface area (Å²) in [6.07, 6.45) is 0.